The van der Waals surface area contributed by atoms with Gasteiger partial charge in [-0.15, -0.1) is 0 Å². The van der Waals surface area contributed by atoms with Gasteiger partial charge in [-0.2, -0.15) is 5.10 Å². The van der Waals surface area contributed by atoms with E-state index in [1.54, 1.807) is 0 Å². The SMILES string of the molecule is CCNC(CCc1cnn(C)c1)C1CCC(CC)C1. The van der Waals surface area contributed by atoms with E-state index in [9.17, 15) is 0 Å². The highest BCUT2D eigenvalue weighted by molar-refractivity contribution is 5.04. The average molecular weight is 263 g/mol. The quantitative estimate of drug-likeness (QED) is 0.819. The largest absolute Gasteiger partial charge is 0.314 e. The summed E-state index contributed by atoms with van der Waals surface area (Å²) in [5, 5.41) is 7.98. The van der Waals surface area contributed by atoms with Gasteiger partial charge in [0.2, 0.25) is 0 Å². The summed E-state index contributed by atoms with van der Waals surface area (Å²) in [6, 6.07) is 0.696. The molecule has 1 aliphatic carbocycles. The molecule has 3 atom stereocenters. The van der Waals surface area contributed by atoms with E-state index in [2.05, 4.69) is 30.5 Å². The Morgan fingerprint density at radius 1 is 1.42 bits per heavy atom. The van der Waals surface area contributed by atoms with Crippen molar-refractivity contribution in [3.63, 3.8) is 0 Å². The predicted octanol–water partition coefficient (Wildman–Crippen LogP) is 3.16. The zero-order chi connectivity index (χ0) is 13.7. The van der Waals surface area contributed by atoms with Crippen molar-refractivity contribution in [3.8, 4) is 0 Å². The van der Waals surface area contributed by atoms with E-state index in [-0.39, 0.29) is 0 Å². The molecule has 1 aliphatic rings. The van der Waals surface area contributed by atoms with Crippen molar-refractivity contribution in [1.82, 2.24) is 15.1 Å². The predicted molar refractivity (Wildman–Crippen MR) is 80.1 cm³/mol. The number of hydrogen-bond donors (Lipinski definition) is 1. The summed E-state index contributed by atoms with van der Waals surface area (Å²) in [6.07, 6.45) is 12.2. The number of nitrogens with zero attached hydrogens (tertiary/aromatic N) is 2. The van der Waals surface area contributed by atoms with Crippen molar-refractivity contribution in [2.75, 3.05) is 6.54 Å². The molecule has 1 heterocycles. The highest BCUT2D eigenvalue weighted by Crippen LogP contribution is 2.36. The minimum atomic E-state index is 0.696. The van der Waals surface area contributed by atoms with Crippen LogP contribution in [0.3, 0.4) is 0 Å². The monoisotopic (exact) mass is 263 g/mol. The van der Waals surface area contributed by atoms with Gasteiger partial charge in [0.1, 0.15) is 0 Å². The van der Waals surface area contributed by atoms with Gasteiger partial charge in [0.05, 0.1) is 6.20 Å². The van der Waals surface area contributed by atoms with Gasteiger partial charge >= 0.3 is 0 Å². The lowest BCUT2D eigenvalue weighted by molar-refractivity contribution is 0.334. The Morgan fingerprint density at radius 2 is 2.26 bits per heavy atom. The highest BCUT2D eigenvalue weighted by Gasteiger charge is 2.29. The maximum Gasteiger partial charge on any atom is 0.0521 e. The molecule has 0 spiro atoms. The number of nitrogens with one attached hydrogen (secondary N) is 1. The molecule has 0 bridgehead atoms. The highest BCUT2D eigenvalue weighted by atomic mass is 15.2. The number of rotatable bonds is 7. The first-order chi connectivity index (χ1) is 9.22. The first-order valence-electron chi connectivity index (χ1n) is 7.93. The van der Waals surface area contributed by atoms with Gasteiger partial charge in [-0.3, -0.25) is 4.68 Å². The molecule has 0 aliphatic heterocycles. The van der Waals surface area contributed by atoms with Crippen LogP contribution >= 0.6 is 0 Å². The van der Waals surface area contributed by atoms with E-state index in [0.29, 0.717) is 6.04 Å². The van der Waals surface area contributed by atoms with Crippen LogP contribution in [0.2, 0.25) is 0 Å². The van der Waals surface area contributed by atoms with Gasteiger partial charge < -0.3 is 5.32 Å². The van der Waals surface area contributed by atoms with Crippen LogP contribution in [0.15, 0.2) is 12.4 Å². The molecule has 3 heteroatoms. The zero-order valence-corrected chi connectivity index (χ0v) is 12.7. The molecule has 1 fully saturated rings. The van der Waals surface area contributed by atoms with Crippen molar-refractivity contribution in [2.24, 2.45) is 18.9 Å². The summed E-state index contributed by atoms with van der Waals surface area (Å²) < 4.78 is 1.90. The fourth-order valence-corrected chi connectivity index (χ4v) is 3.54. The van der Waals surface area contributed by atoms with Gasteiger partial charge in [-0.25, -0.2) is 0 Å². The van der Waals surface area contributed by atoms with E-state index >= 15 is 0 Å². The molecular weight excluding hydrogens is 234 g/mol. The molecule has 0 aromatic carbocycles. The van der Waals surface area contributed by atoms with Crippen molar-refractivity contribution in [1.29, 1.82) is 0 Å². The van der Waals surface area contributed by atoms with Crippen LogP contribution in [0, 0.1) is 11.8 Å². The molecule has 19 heavy (non-hydrogen) atoms. The zero-order valence-electron chi connectivity index (χ0n) is 12.7. The molecule has 3 nitrogen and oxygen atoms in total. The lowest BCUT2D eigenvalue weighted by atomic mass is 9.91. The van der Waals surface area contributed by atoms with Gasteiger partial charge in [0.15, 0.2) is 0 Å². The van der Waals surface area contributed by atoms with Crippen molar-refractivity contribution in [3.05, 3.63) is 18.0 Å². The third-order valence-corrected chi connectivity index (χ3v) is 4.70. The van der Waals surface area contributed by atoms with E-state index in [1.165, 1.54) is 37.7 Å². The normalized spacial score (nSPS) is 24.8. The first kappa shape index (κ1) is 14.6. The van der Waals surface area contributed by atoms with E-state index in [4.69, 9.17) is 0 Å². The lowest BCUT2D eigenvalue weighted by Gasteiger charge is -2.24. The van der Waals surface area contributed by atoms with E-state index in [1.807, 2.05) is 17.9 Å². The summed E-state index contributed by atoms with van der Waals surface area (Å²) in [5.41, 5.74) is 1.37. The Morgan fingerprint density at radius 3 is 2.84 bits per heavy atom. The van der Waals surface area contributed by atoms with Gasteiger partial charge in [-0.05, 0) is 49.6 Å². The van der Waals surface area contributed by atoms with E-state index in [0.717, 1.165) is 24.8 Å². The van der Waals surface area contributed by atoms with Crippen LogP contribution in [-0.4, -0.2) is 22.4 Å². The van der Waals surface area contributed by atoms with Crippen molar-refractivity contribution >= 4 is 0 Å². The smallest absolute Gasteiger partial charge is 0.0521 e. The Kier molecular flexibility index (Phi) is 5.44. The minimum Gasteiger partial charge on any atom is -0.314 e. The van der Waals surface area contributed by atoms with Crippen molar-refractivity contribution in [2.45, 2.75) is 58.4 Å². The van der Waals surface area contributed by atoms with Crippen LogP contribution < -0.4 is 5.32 Å². The third kappa shape index (κ3) is 4.07. The first-order valence-corrected chi connectivity index (χ1v) is 7.93. The molecule has 108 valence electrons. The fourth-order valence-electron chi connectivity index (χ4n) is 3.54. The summed E-state index contributed by atoms with van der Waals surface area (Å²) in [6.45, 7) is 5.65. The molecular formula is C16H29N3. The standard InChI is InChI=1S/C16H29N3/c1-4-13-6-8-15(10-13)16(17-5-2)9-7-14-11-18-19(3)12-14/h11-13,15-17H,4-10H2,1-3H3. The molecule has 1 aromatic heterocycles. The molecule has 0 saturated heterocycles. The van der Waals surface area contributed by atoms with Gasteiger partial charge in [0.25, 0.3) is 0 Å². The second-order valence-corrected chi connectivity index (χ2v) is 6.07. The summed E-state index contributed by atoms with van der Waals surface area (Å²) >= 11 is 0. The summed E-state index contributed by atoms with van der Waals surface area (Å²) in [4.78, 5) is 0. The van der Waals surface area contributed by atoms with Crippen molar-refractivity contribution < 1.29 is 0 Å². The van der Waals surface area contributed by atoms with Crippen LogP contribution in [0.5, 0.6) is 0 Å². The number of aromatic nitrogens is 2. The topological polar surface area (TPSA) is 29.9 Å². The molecule has 1 N–H and O–H groups in total. The van der Waals surface area contributed by atoms with E-state index < -0.39 is 0 Å². The molecule has 1 aromatic rings. The molecule has 0 radical (unpaired) electrons. The Hall–Kier alpha value is -0.830. The van der Waals surface area contributed by atoms with Crippen LogP contribution in [-0.2, 0) is 13.5 Å². The maximum absolute atomic E-state index is 4.26. The Balaban J connectivity index is 1.85. The van der Waals surface area contributed by atoms with Crippen LogP contribution in [0.1, 0.15) is 51.5 Å². The van der Waals surface area contributed by atoms with Gasteiger partial charge in [-0.1, -0.05) is 26.7 Å². The minimum absolute atomic E-state index is 0.696. The lowest BCUT2D eigenvalue weighted by Crippen LogP contribution is -2.35. The molecule has 1 saturated carbocycles. The summed E-state index contributed by atoms with van der Waals surface area (Å²) in [5.74, 6) is 1.87. The number of aryl methyl sites for hydroxylation is 2. The van der Waals surface area contributed by atoms with Crippen LogP contribution in [0.4, 0.5) is 0 Å². The Bertz CT molecular complexity index is 372. The molecule has 2 rings (SSSR count). The second-order valence-electron chi connectivity index (χ2n) is 6.07. The fraction of sp³-hybridized carbons (Fsp3) is 0.812. The third-order valence-electron chi connectivity index (χ3n) is 4.70. The second kappa shape index (κ2) is 7.09. The average Bonchev–Trinajstić information content (AvgIpc) is 3.03. The van der Waals surface area contributed by atoms with Gasteiger partial charge in [0, 0.05) is 19.3 Å². The summed E-state index contributed by atoms with van der Waals surface area (Å²) in [7, 11) is 1.99. The Labute approximate surface area is 117 Å². The van der Waals surface area contributed by atoms with Crippen LogP contribution in [0.25, 0.3) is 0 Å². The number of hydrogen-bond acceptors (Lipinski definition) is 2. The maximum atomic E-state index is 4.26. The molecule has 0 amide bonds. The molecule has 3 unspecified atom stereocenters.